The Morgan fingerprint density at radius 2 is 1.92 bits per heavy atom. The molecule has 0 aliphatic carbocycles. The van der Waals surface area contributed by atoms with E-state index in [1.807, 2.05) is 0 Å². The van der Waals surface area contributed by atoms with Crippen molar-refractivity contribution in [3.63, 3.8) is 0 Å². The lowest BCUT2D eigenvalue weighted by Crippen LogP contribution is -2.34. The van der Waals surface area contributed by atoms with Crippen LogP contribution in [0.2, 0.25) is 0 Å². The zero-order valence-electron chi connectivity index (χ0n) is 14.6. The molecular weight excluding hydrogens is 332 g/mol. The minimum Gasteiger partial charge on any atom is -0.481 e. The molecule has 2 aromatic rings. The molecule has 0 bridgehead atoms. The third-order valence-electron chi connectivity index (χ3n) is 4.31. The van der Waals surface area contributed by atoms with Gasteiger partial charge in [-0.15, -0.1) is 0 Å². The molecule has 2 amide bonds. The summed E-state index contributed by atoms with van der Waals surface area (Å²) in [6.07, 6.45) is 3.19. The minimum absolute atomic E-state index is 0.00316. The number of amides is 2. The minimum atomic E-state index is -0.269. The Kier molecular flexibility index (Phi) is 5.80. The summed E-state index contributed by atoms with van der Waals surface area (Å²) in [6.45, 7) is 1.72. The van der Waals surface area contributed by atoms with E-state index in [1.165, 1.54) is 13.3 Å². The van der Waals surface area contributed by atoms with Crippen LogP contribution < -0.4 is 20.7 Å². The monoisotopic (exact) mass is 354 g/mol. The summed E-state index contributed by atoms with van der Waals surface area (Å²) in [5.74, 6) is 0.225. The number of carbonyl (C=O) groups is 2. The van der Waals surface area contributed by atoms with Gasteiger partial charge in [0.2, 0.25) is 11.8 Å². The van der Waals surface area contributed by atoms with Crippen LogP contribution in [0.25, 0.3) is 0 Å². The highest BCUT2D eigenvalue weighted by Crippen LogP contribution is 2.18. The van der Waals surface area contributed by atoms with E-state index in [-0.39, 0.29) is 17.7 Å². The molecule has 7 heteroatoms. The van der Waals surface area contributed by atoms with Crippen molar-refractivity contribution in [3.8, 4) is 5.88 Å². The molecule has 7 nitrogen and oxygen atoms in total. The van der Waals surface area contributed by atoms with E-state index in [4.69, 9.17) is 4.74 Å². The molecule has 1 fully saturated rings. The molecular formula is C19H22N4O3. The number of methoxy groups -OCH3 is 1. The van der Waals surface area contributed by atoms with Crippen molar-refractivity contribution in [2.24, 2.45) is 5.92 Å². The number of hydrogen-bond donors (Lipinski definition) is 3. The fourth-order valence-electron chi connectivity index (χ4n) is 2.84. The molecule has 0 radical (unpaired) electrons. The van der Waals surface area contributed by atoms with Crippen LogP contribution >= 0.6 is 0 Å². The predicted octanol–water partition coefficient (Wildman–Crippen LogP) is 2.28. The van der Waals surface area contributed by atoms with E-state index < -0.39 is 0 Å². The maximum Gasteiger partial charge on any atom is 0.255 e. The number of hydrogen-bond acceptors (Lipinski definition) is 5. The average Bonchev–Trinajstić information content (AvgIpc) is 2.69. The summed E-state index contributed by atoms with van der Waals surface area (Å²) in [4.78, 5) is 28.8. The average molecular weight is 354 g/mol. The third-order valence-corrected chi connectivity index (χ3v) is 4.31. The number of benzene rings is 1. The van der Waals surface area contributed by atoms with E-state index in [0.29, 0.717) is 22.8 Å². The molecule has 1 saturated heterocycles. The lowest BCUT2D eigenvalue weighted by atomic mass is 9.97. The normalized spacial score (nSPS) is 14.5. The highest BCUT2D eigenvalue weighted by Gasteiger charge is 2.21. The van der Waals surface area contributed by atoms with Crippen LogP contribution in [-0.2, 0) is 4.79 Å². The lowest BCUT2D eigenvalue weighted by Gasteiger charge is -2.21. The number of rotatable bonds is 5. The fourth-order valence-corrected chi connectivity index (χ4v) is 2.84. The Balaban J connectivity index is 1.63. The zero-order valence-corrected chi connectivity index (χ0v) is 14.6. The SMILES string of the molecule is COc1ccc(NC(=O)c2cccc(NC(=O)C3CCNCC3)c2)cn1. The molecule has 136 valence electrons. The Hall–Kier alpha value is -2.93. The summed E-state index contributed by atoms with van der Waals surface area (Å²) in [6, 6.07) is 10.3. The molecule has 3 rings (SSSR count). The van der Waals surface area contributed by atoms with E-state index >= 15 is 0 Å². The molecule has 26 heavy (non-hydrogen) atoms. The molecule has 1 aromatic carbocycles. The molecule has 0 unspecified atom stereocenters. The summed E-state index contributed by atoms with van der Waals surface area (Å²) in [5, 5.41) is 8.93. The van der Waals surface area contributed by atoms with Crippen molar-refractivity contribution in [2.45, 2.75) is 12.8 Å². The van der Waals surface area contributed by atoms with Gasteiger partial charge in [-0.2, -0.15) is 0 Å². The number of nitrogens with zero attached hydrogens (tertiary/aromatic N) is 1. The number of ether oxygens (including phenoxy) is 1. The number of nitrogens with one attached hydrogen (secondary N) is 3. The Bertz CT molecular complexity index is 771. The quantitative estimate of drug-likeness (QED) is 0.766. The summed E-state index contributed by atoms with van der Waals surface area (Å²) >= 11 is 0. The predicted molar refractivity (Wildman–Crippen MR) is 99.4 cm³/mol. The molecule has 2 heterocycles. The summed E-state index contributed by atoms with van der Waals surface area (Å²) in [5.41, 5.74) is 1.65. The molecule has 0 spiro atoms. The van der Waals surface area contributed by atoms with E-state index in [9.17, 15) is 9.59 Å². The molecule has 0 saturated carbocycles. The number of aromatic nitrogens is 1. The number of piperidine rings is 1. The van der Waals surface area contributed by atoms with Gasteiger partial charge in [-0.1, -0.05) is 6.07 Å². The molecule has 0 atom stereocenters. The highest BCUT2D eigenvalue weighted by atomic mass is 16.5. The second-order valence-electron chi connectivity index (χ2n) is 6.14. The smallest absolute Gasteiger partial charge is 0.255 e. The van der Waals surface area contributed by atoms with Crippen molar-refractivity contribution in [3.05, 3.63) is 48.2 Å². The van der Waals surface area contributed by atoms with Crippen LogP contribution in [0.5, 0.6) is 5.88 Å². The Morgan fingerprint density at radius 3 is 2.62 bits per heavy atom. The summed E-state index contributed by atoms with van der Waals surface area (Å²) in [7, 11) is 1.53. The van der Waals surface area contributed by atoms with Crippen LogP contribution in [0, 0.1) is 5.92 Å². The largest absolute Gasteiger partial charge is 0.481 e. The van der Waals surface area contributed by atoms with Gasteiger partial charge >= 0.3 is 0 Å². The van der Waals surface area contributed by atoms with Gasteiger partial charge < -0.3 is 20.7 Å². The second kappa shape index (κ2) is 8.44. The van der Waals surface area contributed by atoms with Crippen molar-refractivity contribution in [1.29, 1.82) is 0 Å². The van der Waals surface area contributed by atoms with Gasteiger partial charge in [-0.3, -0.25) is 9.59 Å². The maximum absolute atomic E-state index is 12.4. The van der Waals surface area contributed by atoms with E-state index in [1.54, 1.807) is 36.4 Å². The first-order chi connectivity index (χ1) is 12.7. The maximum atomic E-state index is 12.4. The van der Waals surface area contributed by atoms with Gasteiger partial charge in [0.25, 0.3) is 5.91 Å². The number of anilines is 2. The van der Waals surface area contributed by atoms with Crippen LogP contribution in [0.1, 0.15) is 23.2 Å². The van der Waals surface area contributed by atoms with Gasteiger partial charge in [0.05, 0.1) is 19.0 Å². The molecule has 1 aliphatic heterocycles. The summed E-state index contributed by atoms with van der Waals surface area (Å²) < 4.78 is 4.99. The highest BCUT2D eigenvalue weighted by molar-refractivity contribution is 6.05. The van der Waals surface area contributed by atoms with Crippen molar-refractivity contribution in [2.75, 3.05) is 30.8 Å². The Morgan fingerprint density at radius 1 is 1.12 bits per heavy atom. The number of pyridine rings is 1. The van der Waals surface area contributed by atoms with Gasteiger partial charge in [0, 0.05) is 23.2 Å². The van der Waals surface area contributed by atoms with Crippen LogP contribution in [0.4, 0.5) is 11.4 Å². The Labute approximate surface area is 152 Å². The second-order valence-corrected chi connectivity index (χ2v) is 6.14. The fraction of sp³-hybridized carbons (Fsp3) is 0.316. The van der Waals surface area contributed by atoms with Crippen LogP contribution in [-0.4, -0.2) is 37.0 Å². The third kappa shape index (κ3) is 4.58. The van der Waals surface area contributed by atoms with E-state index in [0.717, 1.165) is 25.9 Å². The van der Waals surface area contributed by atoms with Gasteiger partial charge in [-0.25, -0.2) is 4.98 Å². The van der Waals surface area contributed by atoms with Crippen molar-refractivity contribution >= 4 is 23.2 Å². The van der Waals surface area contributed by atoms with Gasteiger partial charge in [-0.05, 0) is 50.2 Å². The lowest BCUT2D eigenvalue weighted by molar-refractivity contribution is -0.120. The van der Waals surface area contributed by atoms with E-state index in [2.05, 4.69) is 20.9 Å². The van der Waals surface area contributed by atoms with Crippen molar-refractivity contribution in [1.82, 2.24) is 10.3 Å². The zero-order chi connectivity index (χ0) is 18.4. The first kappa shape index (κ1) is 17.9. The van der Waals surface area contributed by atoms with Crippen molar-refractivity contribution < 1.29 is 14.3 Å². The first-order valence-electron chi connectivity index (χ1n) is 8.59. The van der Waals surface area contributed by atoms with Crippen LogP contribution in [0.15, 0.2) is 42.6 Å². The van der Waals surface area contributed by atoms with Crippen LogP contribution in [0.3, 0.4) is 0 Å². The van der Waals surface area contributed by atoms with Gasteiger partial charge in [0.1, 0.15) is 0 Å². The number of carbonyl (C=O) groups excluding carboxylic acids is 2. The topological polar surface area (TPSA) is 92.4 Å². The molecule has 1 aliphatic rings. The first-order valence-corrected chi connectivity index (χ1v) is 8.59. The molecule has 3 N–H and O–H groups in total. The molecule has 1 aromatic heterocycles. The standard InChI is InChI=1S/C19H22N4O3/c1-26-17-6-5-16(12-21-17)23-19(25)14-3-2-4-15(11-14)22-18(24)13-7-9-20-10-8-13/h2-6,11-13,20H,7-10H2,1H3,(H,22,24)(H,23,25). The van der Waals surface area contributed by atoms with Gasteiger partial charge in [0.15, 0.2) is 0 Å².